The number of hydrogen-bond acceptors (Lipinski definition) is 5. The van der Waals surface area contributed by atoms with Crippen LogP contribution in [0.25, 0.3) is 10.9 Å². The molecule has 2 aromatic carbocycles. The molecule has 1 amide bonds. The lowest BCUT2D eigenvalue weighted by Gasteiger charge is -2.13. The second-order valence-electron chi connectivity index (χ2n) is 7.47. The summed E-state index contributed by atoms with van der Waals surface area (Å²) in [6.45, 7) is 6.20. The van der Waals surface area contributed by atoms with Crippen molar-refractivity contribution in [2.45, 2.75) is 39.7 Å². The highest BCUT2D eigenvalue weighted by molar-refractivity contribution is 5.97. The third kappa shape index (κ3) is 4.40. The van der Waals surface area contributed by atoms with Crippen LogP contribution in [0.4, 0.5) is 0 Å². The van der Waals surface area contributed by atoms with Gasteiger partial charge in [0.05, 0.1) is 24.1 Å². The molecule has 7 nitrogen and oxygen atoms in total. The first-order valence-electron chi connectivity index (χ1n) is 10.8. The fraction of sp³-hybridized carbons (Fsp3) is 0.375. The largest absolute Gasteiger partial charge is 0.490 e. The fourth-order valence-corrected chi connectivity index (χ4v) is 3.90. The summed E-state index contributed by atoms with van der Waals surface area (Å²) in [6.07, 6.45) is 2.40. The van der Waals surface area contributed by atoms with Gasteiger partial charge in [0, 0.05) is 25.1 Å². The Morgan fingerprint density at radius 1 is 1.10 bits per heavy atom. The molecular formula is C24H27N3O4. The summed E-state index contributed by atoms with van der Waals surface area (Å²) in [5.41, 5.74) is 2.11. The van der Waals surface area contributed by atoms with Gasteiger partial charge in [-0.3, -0.25) is 14.2 Å². The minimum Gasteiger partial charge on any atom is -0.490 e. The summed E-state index contributed by atoms with van der Waals surface area (Å²) in [7, 11) is 0. The van der Waals surface area contributed by atoms with Crippen LogP contribution in [0.2, 0.25) is 0 Å². The van der Waals surface area contributed by atoms with Gasteiger partial charge in [-0.05, 0) is 62.6 Å². The average Bonchev–Trinajstić information content (AvgIpc) is 3.24. The smallest absolute Gasteiger partial charge is 0.261 e. The summed E-state index contributed by atoms with van der Waals surface area (Å²) < 4.78 is 13.0. The average molecular weight is 421 g/mol. The van der Waals surface area contributed by atoms with Crippen molar-refractivity contribution in [2.24, 2.45) is 0 Å². The first-order valence-corrected chi connectivity index (χ1v) is 10.8. The molecule has 0 unspecified atom stereocenters. The minimum absolute atomic E-state index is 0.0231. The maximum absolute atomic E-state index is 12.6. The number of ether oxygens (including phenoxy) is 2. The molecule has 0 spiro atoms. The molecule has 2 heterocycles. The quantitative estimate of drug-likeness (QED) is 0.604. The van der Waals surface area contributed by atoms with Crippen molar-refractivity contribution in [3.8, 4) is 11.5 Å². The molecule has 0 radical (unpaired) electrons. The van der Waals surface area contributed by atoms with Crippen LogP contribution in [0, 0.1) is 0 Å². The van der Waals surface area contributed by atoms with E-state index in [-0.39, 0.29) is 11.5 Å². The van der Waals surface area contributed by atoms with Gasteiger partial charge in [0.15, 0.2) is 11.5 Å². The Balaban J connectivity index is 1.43. The molecule has 3 aromatic rings. The topological polar surface area (TPSA) is 82.5 Å². The molecule has 31 heavy (non-hydrogen) atoms. The third-order valence-corrected chi connectivity index (χ3v) is 5.39. The second-order valence-corrected chi connectivity index (χ2v) is 7.47. The normalized spacial score (nSPS) is 12.6. The maximum Gasteiger partial charge on any atom is 0.261 e. The Kier molecular flexibility index (Phi) is 6.21. The van der Waals surface area contributed by atoms with E-state index < -0.39 is 0 Å². The SMILES string of the molecule is CCOc1ccc(CCNC(=O)c2ccc3c(=O)n4c(nc3c2)CCC4)cc1OCC. The lowest BCUT2D eigenvalue weighted by atomic mass is 10.1. The van der Waals surface area contributed by atoms with Crippen molar-refractivity contribution < 1.29 is 14.3 Å². The molecule has 0 atom stereocenters. The predicted molar refractivity (Wildman–Crippen MR) is 119 cm³/mol. The Morgan fingerprint density at radius 3 is 2.71 bits per heavy atom. The van der Waals surface area contributed by atoms with Gasteiger partial charge >= 0.3 is 0 Å². The number of aryl methyl sites for hydroxylation is 1. The summed E-state index contributed by atoms with van der Waals surface area (Å²) in [5, 5.41) is 3.50. The first kappa shape index (κ1) is 20.9. The number of nitrogens with zero attached hydrogens (tertiary/aromatic N) is 2. The van der Waals surface area contributed by atoms with Gasteiger partial charge in [-0.25, -0.2) is 4.98 Å². The third-order valence-electron chi connectivity index (χ3n) is 5.39. The molecule has 1 N–H and O–H groups in total. The molecule has 0 saturated carbocycles. The number of carbonyl (C=O) groups is 1. The molecule has 0 saturated heterocycles. The molecule has 1 aromatic heterocycles. The van der Waals surface area contributed by atoms with E-state index in [1.54, 1.807) is 22.8 Å². The molecular weight excluding hydrogens is 394 g/mol. The number of nitrogens with one attached hydrogen (secondary N) is 1. The van der Waals surface area contributed by atoms with Gasteiger partial charge in [-0.15, -0.1) is 0 Å². The zero-order chi connectivity index (χ0) is 21.8. The maximum atomic E-state index is 12.6. The fourth-order valence-electron chi connectivity index (χ4n) is 3.90. The highest BCUT2D eigenvalue weighted by Gasteiger charge is 2.17. The van der Waals surface area contributed by atoms with E-state index in [1.807, 2.05) is 32.0 Å². The van der Waals surface area contributed by atoms with Crippen molar-refractivity contribution in [3.63, 3.8) is 0 Å². The molecule has 0 fully saturated rings. The molecule has 0 bridgehead atoms. The van der Waals surface area contributed by atoms with Gasteiger partial charge in [-0.1, -0.05) is 6.07 Å². The number of fused-ring (bicyclic) bond motifs is 2. The van der Waals surface area contributed by atoms with Gasteiger partial charge in [-0.2, -0.15) is 0 Å². The zero-order valence-electron chi connectivity index (χ0n) is 17.9. The summed E-state index contributed by atoms with van der Waals surface area (Å²) in [4.78, 5) is 29.8. The number of amides is 1. The standard InChI is InChI=1S/C24H27N3O4/c1-3-30-20-10-7-16(14-21(20)31-4-2)11-12-25-23(28)17-8-9-18-19(15-17)26-22-6-5-13-27(22)24(18)29/h7-10,14-15H,3-6,11-13H2,1-2H3,(H,25,28). The second kappa shape index (κ2) is 9.20. The molecule has 1 aliphatic heterocycles. The number of benzene rings is 2. The van der Waals surface area contributed by atoms with Crippen molar-refractivity contribution in [2.75, 3.05) is 19.8 Å². The van der Waals surface area contributed by atoms with Gasteiger partial charge in [0.1, 0.15) is 5.82 Å². The van der Waals surface area contributed by atoms with Crippen molar-refractivity contribution in [1.82, 2.24) is 14.9 Å². The molecule has 0 aliphatic carbocycles. The van der Waals surface area contributed by atoms with Crippen LogP contribution < -0.4 is 20.3 Å². The van der Waals surface area contributed by atoms with E-state index in [0.29, 0.717) is 48.4 Å². The van der Waals surface area contributed by atoms with Crippen molar-refractivity contribution in [1.29, 1.82) is 0 Å². The Morgan fingerprint density at radius 2 is 1.90 bits per heavy atom. The van der Waals surface area contributed by atoms with E-state index in [2.05, 4.69) is 10.3 Å². The Labute approximate surface area is 181 Å². The van der Waals surface area contributed by atoms with Crippen LogP contribution in [0.3, 0.4) is 0 Å². The number of carbonyl (C=O) groups excluding carboxylic acids is 1. The van der Waals surface area contributed by atoms with Crippen LogP contribution in [0.15, 0.2) is 41.2 Å². The van der Waals surface area contributed by atoms with E-state index in [0.717, 1.165) is 36.5 Å². The van der Waals surface area contributed by atoms with Crippen LogP contribution in [-0.4, -0.2) is 35.2 Å². The van der Waals surface area contributed by atoms with Gasteiger partial charge in [0.2, 0.25) is 0 Å². The monoisotopic (exact) mass is 421 g/mol. The van der Waals surface area contributed by atoms with E-state index in [4.69, 9.17) is 9.47 Å². The lowest BCUT2D eigenvalue weighted by Crippen LogP contribution is -2.26. The highest BCUT2D eigenvalue weighted by Crippen LogP contribution is 2.28. The van der Waals surface area contributed by atoms with Gasteiger partial charge in [0.25, 0.3) is 11.5 Å². The molecule has 1 aliphatic rings. The number of hydrogen-bond donors (Lipinski definition) is 1. The van der Waals surface area contributed by atoms with Gasteiger partial charge < -0.3 is 14.8 Å². The summed E-state index contributed by atoms with van der Waals surface area (Å²) in [6, 6.07) is 10.9. The Bertz CT molecular complexity index is 1170. The number of rotatable bonds is 8. The summed E-state index contributed by atoms with van der Waals surface area (Å²) in [5.74, 6) is 2.06. The zero-order valence-corrected chi connectivity index (χ0v) is 17.9. The first-order chi connectivity index (χ1) is 15.1. The van der Waals surface area contributed by atoms with E-state index >= 15 is 0 Å². The highest BCUT2D eigenvalue weighted by atomic mass is 16.5. The van der Waals surface area contributed by atoms with E-state index in [9.17, 15) is 9.59 Å². The molecule has 4 rings (SSSR count). The minimum atomic E-state index is -0.180. The number of aromatic nitrogens is 2. The molecule has 7 heteroatoms. The van der Waals surface area contributed by atoms with E-state index in [1.165, 1.54) is 0 Å². The predicted octanol–water partition coefficient (Wildman–Crippen LogP) is 3.11. The summed E-state index contributed by atoms with van der Waals surface area (Å²) >= 11 is 0. The Hall–Kier alpha value is -3.35. The van der Waals surface area contributed by atoms with Crippen LogP contribution in [0.5, 0.6) is 11.5 Å². The van der Waals surface area contributed by atoms with Crippen LogP contribution in [-0.2, 0) is 19.4 Å². The van der Waals surface area contributed by atoms with Crippen LogP contribution in [0.1, 0.15) is 42.0 Å². The van der Waals surface area contributed by atoms with Crippen molar-refractivity contribution >= 4 is 16.8 Å². The van der Waals surface area contributed by atoms with Crippen molar-refractivity contribution in [3.05, 3.63) is 63.7 Å². The lowest BCUT2D eigenvalue weighted by molar-refractivity contribution is 0.0954. The van der Waals surface area contributed by atoms with Crippen LogP contribution >= 0.6 is 0 Å². The molecule has 162 valence electrons.